The van der Waals surface area contributed by atoms with Gasteiger partial charge in [-0.15, -0.1) is 0 Å². The van der Waals surface area contributed by atoms with E-state index in [4.69, 9.17) is 10.5 Å². The zero-order chi connectivity index (χ0) is 9.84. The van der Waals surface area contributed by atoms with E-state index < -0.39 is 0 Å². The summed E-state index contributed by atoms with van der Waals surface area (Å²) in [5, 5.41) is 0. The highest BCUT2D eigenvalue weighted by atomic mass is 79.9. The standard InChI is InChI=1S/C9H13BrN2O/c1-3-6(2)13-9-8(11)4-7(10)5-12-9/h4-6H,3,11H2,1-2H3. The van der Waals surface area contributed by atoms with Crippen LogP contribution in [0.4, 0.5) is 5.69 Å². The number of nitrogens with two attached hydrogens (primary N) is 1. The van der Waals surface area contributed by atoms with E-state index in [1.165, 1.54) is 0 Å². The lowest BCUT2D eigenvalue weighted by atomic mass is 10.3. The van der Waals surface area contributed by atoms with E-state index in [-0.39, 0.29) is 6.10 Å². The summed E-state index contributed by atoms with van der Waals surface area (Å²) in [6.07, 6.45) is 2.77. The number of aromatic nitrogens is 1. The molecule has 0 saturated carbocycles. The number of nitrogen functional groups attached to an aromatic ring is 1. The van der Waals surface area contributed by atoms with Gasteiger partial charge in [-0.05, 0) is 35.3 Å². The van der Waals surface area contributed by atoms with Gasteiger partial charge in [0, 0.05) is 10.7 Å². The lowest BCUT2D eigenvalue weighted by Crippen LogP contribution is -2.12. The van der Waals surface area contributed by atoms with E-state index in [1.807, 2.05) is 6.92 Å². The number of halogens is 1. The Kier molecular flexibility index (Phi) is 3.54. The van der Waals surface area contributed by atoms with Crippen molar-refractivity contribution < 1.29 is 4.74 Å². The minimum absolute atomic E-state index is 0.149. The maximum absolute atomic E-state index is 5.71. The summed E-state index contributed by atoms with van der Waals surface area (Å²) in [6, 6.07) is 1.78. The Balaban J connectivity index is 2.77. The van der Waals surface area contributed by atoms with Crippen molar-refractivity contribution in [3.63, 3.8) is 0 Å². The summed E-state index contributed by atoms with van der Waals surface area (Å²) in [4.78, 5) is 4.07. The molecule has 1 unspecified atom stereocenters. The Hall–Kier alpha value is -0.770. The molecule has 1 atom stereocenters. The topological polar surface area (TPSA) is 48.1 Å². The van der Waals surface area contributed by atoms with Crippen LogP contribution in [-0.4, -0.2) is 11.1 Å². The van der Waals surface area contributed by atoms with E-state index >= 15 is 0 Å². The van der Waals surface area contributed by atoms with Gasteiger partial charge in [-0.1, -0.05) is 6.92 Å². The first-order valence-corrected chi connectivity index (χ1v) is 5.00. The molecule has 1 aromatic rings. The molecule has 72 valence electrons. The fourth-order valence-corrected chi connectivity index (χ4v) is 1.16. The van der Waals surface area contributed by atoms with E-state index in [0.717, 1.165) is 10.9 Å². The summed E-state index contributed by atoms with van der Waals surface area (Å²) in [6.45, 7) is 4.04. The number of pyridine rings is 1. The zero-order valence-corrected chi connectivity index (χ0v) is 9.34. The van der Waals surface area contributed by atoms with Gasteiger partial charge in [0.15, 0.2) is 0 Å². The predicted octanol–water partition coefficient (Wildman–Crippen LogP) is 2.60. The maximum atomic E-state index is 5.71. The summed E-state index contributed by atoms with van der Waals surface area (Å²) in [5.74, 6) is 0.512. The smallest absolute Gasteiger partial charge is 0.237 e. The van der Waals surface area contributed by atoms with E-state index in [0.29, 0.717) is 11.6 Å². The van der Waals surface area contributed by atoms with Crippen LogP contribution >= 0.6 is 15.9 Å². The zero-order valence-electron chi connectivity index (χ0n) is 7.75. The van der Waals surface area contributed by atoms with Gasteiger partial charge >= 0.3 is 0 Å². The lowest BCUT2D eigenvalue weighted by molar-refractivity contribution is 0.210. The Bertz CT molecular complexity index is 291. The summed E-state index contributed by atoms with van der Waals surface area (Å²) in [5.41, 5.74) is 6.27. The van der Waals surface area contributed by atoms with Gasteiger partial charge in [0.1, 0.15) is 0 Å². The molecule has 0 aliphatic rings. The van der Waals surface area contributed by atoms with Crippen molar-refractivity contribution in [2.24, 2.45) is 0 Å². The number of hydrogen-bond acceptors (Lipinski definition) is 3. The molecule has 0 fully saturated rings. The van der Waals surface area contributed by atoms with Gasteiger partial charge in [0.05, 0.1) is 11.8 Å². The van der Waals surface area contributed by atoms with Crippen LogP contribution in [-0.2, 0) is 0 Å². The molecule has 0 aromatic carbocycles. The van der Waals surface area contributed by atoms with Crippen molar-refractivity contribution in [3.8, 4) is 5.88 Å². The molecule has 0 aliphatic heterocycles. The third-order valence-corrected chi connectivity index (χ3v) is 2.17. The van der Waals surface area contributed by atoms with Crippen molar-refractivity contribution in [1.82, 2.24) is 4.98 Å². The van der Waals surface area contributed by atoms with Crippen molar-refractivity contribution in [1.29, 1.82) is 0 Å². The van der Waals surface area contributed by atoms with Crippen molar-refractivity contribution in [2.45, 2.75) is 26.4 Å². The second-order valence-corrected chi connectivity index (χ2v) is 3.80. The monoisotopic (exact) mass is 244 g/mol. The summed E-state index contributed by atoms with van der Waals surface area (Å²) < 4.78 is 6.35. The number of hydrogen-bond donors (Lipinski definition) is 1. The largest absolute Gasteiger partial charge is 0.473 e. The Morgan fingerprint density at radius 3 is 2.92 bits per heavy atom. The fraction of sp³-hybridized carbons (Fsp3) is 0.444. The van der Waals surface area contributed by atoms with E-state index in [9.17, 15) is 0 Å². The highest BCUT2D eigenvalue weighted by molar-refractivity contribution is 9.10. The third kappa shape index (κ3) is 2.88. The van der Waals surface area contributed by atoms with Crippen LogP contribution in [0.1, 0.15) is 20.3 Å². The third-order valence-electron chi connectivity index (χ3n) is 1.73. The molecule has 1 heterocycles. The first kappa shape index (κ1) is 10.3. The molecule has 0 spiro atoms. The average Bonchev–Trinajstić information content (AvgIpc) is 2.09. The van der Waals surface area contributed by atoms with Crippen LogP contribution in [0.3, 0.4) is 0 Å². The second-order valence-electron chi connectivity index (χ2n) is 2.88. The highest BCUT2D eigenvalue weighted by Crippen LogP contribution is 2.23. The molecular formula is C9H13BrN2O. The lowest BCUT2D eigenvalue weighted by Gasteiger charge is -2.12. The Labute approximate surface area is 86.4 Å². The molecule has 2 N–H and O–H groups in total. The molecular weight excluding hydrogens is 232 g/mol. The van der Waals surface area contributed by atoms with Gasteiger partial charge in [0.2, 0.25) is 5.88 Å². The van der Waals surface area contributed by atoms with Gasteiger partial charge in [-0.25, -0.2) is 4.98 Å². The molecule has 1 rings (SSSR count). The molecule has 0 aliphatic carbocycles. The highest BCUT2D eigenvalue weighted by Gasteiger charge is 2.06. The minimum Gasteiger partial charge on any atom is -0.473 e. The Morgan fingerprint density at radius 2 is 2.38 bits per heavy atom. The molecule has 3 nitrogen and oxygen atoms in total. The second kappa shape index (κ2) is 4.46. The van der Waals surface area contributed by atoms with Gasteiger partial charge in [0.25, 0.3) is 0 Å². The molecule has 0 saturated heterocycles. The summed E-state index contributed by atoms with van der Waals surface area (Å²) >= 11 is 3.28. The maximum Gasteiger partial charge on any atom is 0.237 e. The van der Waals surface area contributed by atoms with Crippen molar-refractivity contribution in [2.75, 3.05) is 5.73 Å². The fourth-order valence-electron chi connectivity index (χ4n) is 0.815. The predicted molar refractivity (Wildman–Crippen MR) is 56.7 cm³/mol. The number of nitrogens with zero attached hydrogens (tertiary/aromatic N) is 1. The SMILES string of the molecule is CCC(C)Oc1ncc(Br)cc1N. The molecule has 0 bridgehead atoms. The number of ether oxygens (including phenoxy) is 1. The van der Waals surface area contributed by atoms with Crippen LogP contribution < -0.4 is 10.5 Å². The molecule has 13 heavy (non-hydrogen) atoms. The van der Waals surface area contributed by atoms with Crippen LogP contribution in [0, 0.1) is 0 Å². The molecule has 1 aromatic heterocycles. The van der Waals surface area contributed by atoms with Crippen LogP contribution in [0.2, 0.25) is 0 Å². The quantitative estimate of drug-likeness (QED) is 0.890. The van der Waals surface area contributed by atoms with Gasteiger partial charge < -0.3 is 10.5 Å². The normalized spacial score (nSPS) is 12.5. The first-order valence-electron chi connectivity index (χ1n) is 4.21. The van der Waals surface area contributed by atoms with E-state index in [1.54, 1.807) is 12.3 Å². The number of anilines is 1. The summed E-state index contributed by atoms with van der Waals surface area (Å²) in [7, 11) is 0. The van der Waals surface area contributed by atoms with Crippen LogP contribution in [0.25, 0.3) is 0 Å². The van der Waals surface area contributed by atoms with E-state index in [2.05, 4.69) is 27.8 Å². The van der Waals surface area contributed by atoms with Gasteiger partial charge in [-0.3, -0.25) is 0 Å². The van der Waals surface area contributed by atoms with Gasteiger partial charge in [-0.2, -0.15) is 0 Å². The van der Waals surface area contributed by atoms with Crippen LogP contribution in [0.5, 0.6) is 5.88 Å². The molecule has 4 heteroatoms. The van der Waals surface area contributed by atoms with Crippen molar-refractivity contribution in [3.05, 3.63) is 16.7 Å². The minimum atomic E-state index is 0.149. The van der Waals surface area contributed by atoms with Crippen molar-refractivity contribution >= 4 is 21.6 Å². The Morgan fingerprint density at radius 1 is 1.69 bits per heavy atom. The van der Waals surface area contributed by atoms with Crippen LogP contribution in [0.15, 0.2) is 16.7 Å². The first-order chi connectivity index (χ1) is 6.13. The average molecular weight is 245 g/mol. The molecule has 0 radical (unpaired) electrons. The number of rotatable bonds is 3. The molecule has 0 amide bonds.